The van der Waals surface area contributed by atoms with E-state index in [9.17, 15) is 4.39 Å². The molecule has 4 heteroatoms. The molecular weight excluding hydrogens is 191 g/mol. The Morgan fingerprint density at radius 1 is 1.31 bits per heavy atom. The number of hydrogen-bond donors (Lipinski definition) is 1. The first-order valence-corrected chi connectivity index (χ1v) is 4.10. The average molecular weight is 197 g/mol. The number of rotatable bonds is 1. The van der Waals surface area contributed by atoms with Gasteiger partial charge in [-0.05, 0) is 18.2 Å². The Labute approximate surface area is 79.4 Å². The topological polar surface area (TPSA) is 28.7 Å². The molecule has 0 saturated carbocycles. The molecule has 0 aliphatic rings. The summed E-state index contributed by atoms with van der Waals surface area (Å²) in [7, 11) is 0. The highest BCUT2D eigenvalue weighted by molar-refractivity contribution is 6.33. The lowest BCUT2D eigenvalue weighted by Gasteiger charge is -2.01. The smallest absolute Gasteiger partial charge is 0.134 e. The van der Waals surface area contributed by atoms with Crippen LogP contribution in [0.5, 0.6) is 0 Å². The molecule has 66 valence electrons. The van der Waals surface area contributed by atoms with Crippen molar-refractivity contribution < 1.29 is 4.39 Å². The predicted octanol–water partition coefficient (Wildman–Crippen LogP) is 2.87. The van der Waals surface area contributed by atoms with Gasteiger partial charge in [0.1, 0.15) is 5.82 Å². The summed E-state index contributed by atoms with van der Waals surface area (Å²) >= 11 is 5.83. The van der Waals surface area contributed by atoms with Crippen LogP contribution < -0.4 is 0 Å². The first kappa shape index (κ1) is 8.26. The Morgan fingerprint density at radius 3 is 2.77 bits per heavy atom. The summed E-state index contributed by atoms with van der Waals surface area (Å²) in [5.41, 5.74) is 0.949. The molecule has 2 rings (SSSR count). The van der Waals surface area contributed by atoms with E-state index in [1.54, 1.807) is 24.4 Å². The molecule has 2 nitrogen and oxygen atoms in total. The first-order chi connectivity index (χ1) is 6.29. The van der Waals surface area contributed by atoms with Crippen LogP contribution in [-0.2, 0) is 0 Å². The van der Waals surface area contributed by atoms with Crippen LogP contribution in [0.4, 0.5) is 4.39 Å². The zero-order chi connectivity index (χ0) is 9.26. The van der Waals surface area contributed by atoms with Crippen LogP contribution in [-0.4, -0.2) is 10.2 Å². The van der Waals surface area contributed by atoms with Gasteiger partial charge in [0.05, 0.1) is 16.3 Å². The summed E-state index contributed by atoms with van der Waals surface area (Å²) < 4.78 is 13.3. The number of aromatic nitrogens is 2. The minimum Gasteiger partial charge on any atom is -0.278 e. The highest BCUT2D eigenvalue weighted by atomic mass is 35.5. The van der Waals surface area contributed by atoms with Crippen LogP contribution in [0.15, 0.2) is 30.5 Å². The second-order valence-electron chi connectivity index (χ2n) is 2.57. The molecule has 0 aliphatic heterocycles. The number of benzene rings is 1. The van der Waals surface area contributed by atoms with Gasteiger partial charge in [-0.3, -0.25) is 5.10 Å². The number of nitrogens with one attached hydrogen (secondary N) is 1. The third kappa shape index (κ3) is 1.42. The number of aromatic amines is 1. The molecule has 1 N–H and O–H groups in total. The Bertz CT molecular complexity index is 391. The lowest BCUT2D eigenvalue weighted by molar-refractivity contribution is 0.630. The fourth-order valence-electron chi connectivity index (χ4n) is 1.15. The SMILES string of the molecule is Fc1cccc(Cl)c1-c1ccn[nH]1. The standard InChI is InChI=1S/C9H6ClFN2/c10-6-2-1-3-7(11)9(6)8-4-5-12-13-8/h1-5H,(H,12,13). The van der Waals surface area contributed by atoms with E-state index >= 15 is 0 Å². The number of hydrogen-bond acceptors (Lipinski definition) is 1. The van der Waals surface area contributed by atoms with Gasteiger partial charge < -0.3 is 0 Å². The van der Waals surface area contributed by atoms with Gasteiger partial charge in [0, 0.05) is 6.20 Å². The Kier molecular flexibility index (Phi) is 2.02. The summed E-state index contributed by atoms with van der Waals surface area (Å²) in [5, 5.41) is 6.77. The van der Waals surface area contributed by atoms with Crippen molar-refractivity contribution in [2.75, 3.05) is 0 Å². The van der Waals surface area contributed by atoms with E-state index in [1.165, 1.54) is 6.07 Å². The van der Waals surface area contributed by atoms with Gasteiger partial charge in [-0.15, -0.1) is 0 Å². The zero-order valence-corrected chi connectivity index (χ0v) is 7.35. The zero-order valence-electron chi connectivity index (χ0n) is 6.59. The van der Waals surface area contributed by atoms with Crippen LogP contribution >= 0.6 is 11.6 Å². The number of nitrogens with zero attached hydrogens (tertiary/aromatic N) is 1. The van der Waals surface area contributed by atoms with Crippen molar-refractivity contribution in [3.8, 4) is 11.3 Å². The van der Waals surface area contributed by atoms with Gasteiger partial charge in [-0.2, -0.15) is 5.10 Å². The molecule has 1 aromatic carbocycles. The van der Waals surface area contributed by atoms with E-state index in [4.69, 9.17) is 11.6 Å². The van der Waals surface area contributed by atoms with E-state index in [2.05, 4.69) is 10.2 Å². The van der Waals surface area contributed by atoms with Gasteiger partial charge in [-0.1, -0.05) is 17.7 Å². The van der Waals surface area contributed by atoms with Crippen LogP contribution in [0, 0.1) is 5.82 Å². The molecule has 0 bridgehead atoms. The van der Waals surface area contributed by atoms with Gasteiger partial charge in [0.15, 0.2) is 0 Å². The molecule has 0 aliphatic carbocycles. The lowest BCUT2D eigenvalue weighted by atomic mass is 10.1. The largest absolute Gasteiger partial charge is 0.278 e. The van der Waals surface area contributed by atoms with Gasteiger partial charge in [0.25, 0.3) is 0 Å². The van der Waals surface area contributed by atoms with E-state index in [0.29, 0.717) is 16.3 Å². The molecule has 0 spiro atoms. The van der Waals surface area contributed by atoms with E-state index in [0.717, 1.165) is 0 Å². The Morgan fingerprint density at radius 2 is 2.15 bits per heavy atom. The summed E-state index contributed by atoms with van der Waals surface area (Å²) in [5.74, 6) is -0.350. The van der Waals surface area contributed by atoms with Crippen molar-refractivity contribution in [3.63, 3.8) is 0 Å². The normalized spacial score (nSPS) is 10.3. The molecule has 2 aromatic rings. The van der Waals surface area contributed by atoms with Gasteiger partial charge in [0.2, 0.25) is 0 Å². The highest BCUT2D eigenvalue weighted by Gasteiger charge is 2.09. The Balaban J connectivity index is 2.64. The molecule has 0 amide bonds. The summed E-state index contributed by atoms with van der Waals surface area (Å²) in [4.78, 5) is 0. The van der Waals surface area contributed by atoms with Crippen molar-refractivity contribution in [1.82, 2.24) is 10.2 Å². The van der Waals surface area contributed by atoms with Crippen molar-refractivity contribution in [3.05, 3.63) is 41.3 Å². The monoisotopic (exact) mass is 196 g/mol. The molecule has 0 unspecified atom stereocenters. The maximum atomic E-state index is 13.3. The van der Waals surface area contributed by atoms with Crippen molar-refractivity contribution in [1.29, 1.82) is 0 Å². The summed E-state index contributed by atoms with van der Waals surface area (Å²) in [6, 6.07) is 6.24. The average Bonchev–Trinajstić information content (AvgIpc) is 2.57. The Hall–Kier alpha value is -1.35. The second-order valence-corrected chi connectivity index (χ2v) is 2.97. The predicted molar refractivity (Wildman–Crippen MR) is 49.0 cm³/mol. The number of H-pyrrole nitrogens is 1. The van der Waals surface area contributed by atoms with E-state index in [1.807, 2.05) is 0 Å². The molecule has 0 radical (unpaired) electrons. The lowest BCUT2D eigenvalue weighted by Crippen LogP contribution is -1.85. The fraction of sp³-hybridized carbons (Fsp3) is 0. The van der Waals surface area contributed by atoms with Crippen molar-refractivity contribution in [2.24, 2.45) is 0 Å². The quantitative estimate of drug-likeness (QED) is 0.747. The fourth-order valence-corrected chi connectivity index (χ4v) is 1.42. The van der Waals surface area contributed by atoms with Crippen molar-refractivity contribution >= 4 is 11.6 Å². The molecule has 1 aromatic heterocycles. The van der Waals surface area contributed by atoms with Gasteiger partial charge in [-0.25, -0.2) is 4.39 Å². The molecule has 0 fully saturated rings. The van der Waals surface area contributed by atoms with Gasteiger partial charge >= 0.3 is 0 Å². The summed E-state index contributed by atoms with van der Waals surface area (Å²) in [6.07, 6.45) is 1.55. The maximum absolute atomic E-state index is 13.3. The van der Waals surface area contributed by atoms with E-state index < -0.39 is 0 Å². The van der Waals surface area contributed by atoms with Crippen LogP contribution in [0.3, 0.4) is 0 Å². The third-order valence-corrected chi connectivity index (χ3v) is 2.05. The second kappa shape index (κ2) is 3.18. The third-order valence-electron chi connectivity index (χ3n) is 1.73. The molecular formula is C9H6ClFN2. The van der Waals surface area contributed by atoms with Crippen LogP contribution in [0.2, 0.25) is 5.02 Å². The molecule has 0 saturated heterocycles. The highest BCUT2D eigenvalue weighted by Crippen LogP contribution is 2.28. The maximum Gasteiger partial charge on any atom is 0.134 e. The minimum absolute atomic E-state index is 0.350. The first-order valence-electron chi connectivity index (χ1n) is 3.73. The van der Waals surface area contributed by atoms with Crippen LogP contribution in [0.1, 0.15) is 0 Å². The number of halogens is 2. The minimum atomic E-state index is -0.350. The molecule has 1 heterocycles. The molecule has 0 atom stereocenters. The van der Waals surface area contributed by atoms with E-state index in [-0.39, 0.29) is 5.82 Å². The molecule has 13 heavy (non-hydrogen) atoms. The summed E-state index contributed by atoms with van der Waals surface area (Å²) in [6.45, 7) is 0. The van der Waals surface area contributed by atoms with Crippen molar-refractivity contribution in [2.45, 2.75) is 0 Å². The van der Waals surface area contributed by atoms with Crippen LogP contribution in [0.25, 0.3) is 11.3 Å².